The van der Waals surface area contributed by atoms with Crippen LogP contribution in [-0.4, -0.2) is 45.2 Å². The highest BCUT2D eigenvalue weighted by Crippen LogP contribution is 2.40. The third-order valence-electron chi connectivity index (χ3n) is 5.59. The third-order valence-corrected chi connectivity index (χ3v) is 5.59. The highest BCUT2D eigenvalue weighted by atomic mass is 16.5. The highest BCUT2D eigenvalue weighted by Gasteiger charge is 2.27. The van der Waals surface area contributed by atoms with Crippen molar-refractivity contribution in [1.82, 2.24) is 4.90 Å². The number of rotatable bonds is 11. The second kappa shape index (κ2) is 10.3. The molecular weight excluding hydrogens is 380 g/mol. The Kier molecular flexibility index (Phi) is 7.57. The van der Waals surface area contributed by atoms with Crippen LogP contribution in [0, 0.1) is 5.92 Å². The Bertz CT molecular complexity index is 811. The minimum absolute atomic E-state index is 0.0367. The molecule has 0 aliphatic heterocycles. The molecule has 1 saturated carbocycles. The van der Waals surface area contributed by atoms with Crippen LogP contribution in [0.2, 0.25) is 0 Å². The maximum atomic E-state index is 12.7. The van der Waals surface area contributed by atoms with Gasteiger partial charge in [0.15, 0.2) is 11.5 Å². The molecule has 1 N–H and O–H groups in total. The Morgan fingerprint density at radius 3 is 2.23 bits per heavy atom. The molecule has 1 amide bonds. The lowest BCUT2D eigenvalue weighted by molar-refractivity contribution is -0.116. The van der Waals surface area contributed by atoms with E-state index >= 15 is 0 Å². The van der Waals surface area contributed by atoms with Gasteiger partial charge in [0.05, 0.1) is 21.3 Å². The minimum atomic E-state index is -0.0367. The Hall–Kier alpha value is -2.73. The summed E-state index contributed by atoms with van der Waals surface area (Å²) in [6.07, 6.45) is 2.99. The number of methoxy groups -OCH3 is 3. The monoisotopic (exact) mass is 412 g/mol. The van der Waals surface area contributed by atoms with Gasteiger partial charge in [-0.25, -0.2) is 0 Å². The van der Waals surface area contributed by atoms with Crippen molar-refractivity contribution in [3.8, 4) is 17.2 Å². The van der Waals surface area contributed by atoms with Gasteiger partial charge in [-0.3, -0.25) is 9.69 Å². The molecule has 162 valence electrons. The van der Waals surface area contributed by atoms with Gasteiger partial charge in [-0.15, -0.1) is 0 Å². The number of nitrogens with zero attached hydrogens (tertiary/aromatic N) is 1. The molecule has 0 spiro atoms. The van der Waals surface area contributed by atoms with Crippen molar-refractivity contribution in [3.05, 3.63) is 48.0 Å². The van der Waals surface area contributed by atoms with Crippen molar-refractivity contribution in [2.24, 2.45) is 5.92 Å². The third kappa shape index (κ3) is 5.66. The fourth-order valence-corrected chi connectivity index (χ4v) is 3.64. The molecule has 1 atom stereocenters. The molecule has 3 rings (SSSR count). The largest absolute Gasteiger partial charge is 0.493 e. The number of benzene rings is 2. The van der Waals surface area contributed by atoms with Crippen LogP contribution in [0.4, 0.5) is 5.69 Å². The van der Waals surface area contributed by atoms with E-state index in [1.807, 2.05) is 6.07 Å². The van der Waals surface area contributed by atoms with Gasteiger partial charge < -0.3 is 19.5 Å². The first-order valence-corrected chi connectivity index (χ1v) is 10.4. The quantitative estimate of drug-likeness (QED) is 0.588. The smallest absolute Gasteiger partial charge is 0.225 e. The molecule has 0 aromatic heterocycles. The van der Waals surface area contributed by atoms with Gasteiger partial charge >= 0.3 is 0 Å². The predicted octanol–water partition coefficient (Wildman–Crippen LogP) is 4.51. The van der Waals surface area contributed by atoms with Crippen LogP contribution >= 0.6 is 0 Å². The number of anilines is 1. The summed E-state index contributed by atoms with van der Waals surface area (Å²) in [6.45, 7) is 3.96. The van der Waals surface area contributed by atoms with Crippen LogP contribution in [0.25, 0.3) is 0 Å². The van der Waals surface area contributed by atoms with E-state index in [1.54, 1.807) is 33.5 Å². The Morgan fingerprint density at radius 1 is 1.07 bits per heavy atom. The van der Waals surface area contributed by atoms with E-state index in [4.69, 9.17) is 14.2 Å². The van der Waals surface area contributed by atoms with Crippen molar-refractivity contribution in [3.63, 3.8) is 0 Å². The number of carbonyl (C=O) groups is 1. The SMILES string of the molecule is COc1cc(NC(=O)CCN(CC2CC2)C(C)c2ccccc2)cc(OC)c1OC. The molecule has 2 aromatic rings. The van der Waals surface area contributed by atoms with E-state index in [0.29, 0.717) is 35.9 Å². The lowest BCUT2D eigenvalue weighted by atomic mass is 10.1. The standard InChI is InChI=1S/C24H32N2O4/c1-17(19-8-6-5-7-9-19)26(16-18-10-11-18)13-12-23(27)25-20-14-21(28-2)24(30-4)22(15-20)29-3/h5-9,14-15,17-18H,10-13,16H2,1-4H3,(H,25,27). The molecule has 1 aliphatic carbocycles. The number of nitrogens with one attached hydrogen (secondary N) is 1. The van der Waals surface area contributed by atoms with Crippen LogP contribution in [0.3, 0.4) is 0 Å². The molecule has 0 radical (unpaired) electrons. The first-order chi connectivity index (χ1) is 14.5. The molecule has 1 fully saturated rings. The van der Waals surface area contributed by atoms with Crippen molar-refractivity contribution in [1.29, 1.82) is 0 Å². The maximum Gasteiger partial charge on any atom is 0.225 e. The average Bonchev–Trinajstić information content (AvgIpc) is 3.60. The van der Waals surface area contributed by atoms with E-state index < -0.39 is 0 Å². The van der Waals surface area contributed by atoms with Crippen LogP contribution < -0.4 is 19.5 Å². The summed E-state index contributed by atoms with van der Waals surface area (Å²) in [4.78, 5) is 15.1. The fraction of sp³-hybridized carbons (Fsp3) is 0.458. The lowest BCUT2D eigenvalue weighted by Gasteiger charge is -2.29. The molecule has 6 heteroatoms. The summed E-state index contributed by atoms with van der Waals surface area (Å²) >= 11 is 0. The van der Waals surface area contributed by atoms with E-state index in [2.05, 4.69) is 41.4 Å². The summed E-state index contributed by atoms with van der Waals surface area (Å²) in [7, 11) is 4.67. The van der Waals surface area contributed by atoms with Crippen LogP contribution in [0.15, 0.2) is 42.5 Å². The van der Waals surface area contributed by atoms with E-state index in [-0.39, 0.29) is 11.9 Å². The van der Waals surface area contributed by atoms with Gasteiger partial charge in [0.1, 0.15) is 0 Å². The van der Waals surface area contributed by atoms with Crippen molar-refractivity contribution < 1.29 is 19.0 Å². The second-order valence-corrected chi connectivity index (χ2v) is 7.74. The van der Waals surface area contributed by atoms with Crippen LogP contribution in [-0.2, 0) is 4.79 Å². The summed E-state index contributed by atoms with van der Waals surface area (Å²) in [6, 6.07) is 14.2. The van der Waals surface area contributed by atoms with E-state index in [0.717, 1.165) is 12.5 Å². The molecule has 2 aromatic carbocycles. The van der Waals surface area contributed by atoms with Crippen LogP contribution in [0.1, 0.15) is 37.8 Å². The van der Waals surface area contributed by atoms with Crippen molar-refractivity contribution >= 4 is 11.6 Å². The van der Waals surface area contributed by atoms with Gasteiger partial charge in [-0.1, -0.05) is 30.3 Å². The average molecular weight is 413 g/mol. The number of ether oxygens (including phenoxy) is 3. The Balaban J connectivity index is 1.64. The summed E-state index contributed by atoms with van der Waals surface area (Å²) in [5.41, 5.74) is 1.91. The zero-order chi connectivity index (χ0) is 21.5. The van der Waals surface area contributed by atoms with Gasteiger partial charge in [0, 0.05) is 43.4 Å². The first kappa shape index (κ1) is 22.0. The Morgan fingerprint density at radius 2 is 1.70 bits per heavy atom. The summed E-state index contributed by atoms with van der Waals surface area (Å²) in [5, 5.41) is 2.96. The fourth-order valence-electron chi connectivity index (χ4n) is 3.64. The van der Waals surface area contributed by atoms with Crippen molar-refractivity contribution in [2.75, 3.05) is 39.7 Å². The molecule has 0 heterocycles. The zero-order valence-corrected chi connectivity index (χ0v) is 18.3. The van der Waals surface area contributed by atoms with Gasteiger partial charge in [-0.05, 0) is 31.2 Å². The number of amides is 1. The molecule has 0 bridgehead atoms. The highest BCUT2D eigenvalue weighted by molar-refractivity contribution is 5.91. The number of hydrogen-bond donors (Lipinski definition) is 1. The minimum Gasteiger partial charge on any atom is -0.493 e. The van der Waals surface area contributed by atoms with Crippen molar-refractivity contribution in [2.45, 2.75) is 32.2 Å². The number of carbonyl (C=O) groups excluding carboxylic acids is 1. The zero-order valence-electron chi connectivity index (χ0n) is 18.3. The van der Waals surface area contributed by atoms with Gasteiger partial charge in [0.2, 0.25) is 11.7 Å². The molecule has 1 aliphatic rings. The Labute approximate surface area is 179 Å². The topological polar surface area (TPSA) is 60.0 Å². The molecular formula is C24H32N2O4. The van der Waals surface area contributed by atoms with Gasteiger partial charge in [-0.2, -0.15) is 0 Å². The lowest BCUT2D eigenvalue weighted by Crippen LogP contribution is -2.32. The molecule has 0 saturated heterocycles. The molecule has 30 heavy (non-hydrogen) atoms. The number of hydrogen-bond acceptors (Lipinski definition) is 5. The molecule has 1 unspecified atom stereocenters. The predicted molar refractivity (Wildman–Crippen MR) is 118 cm³/mol. The first-order valence-electron chi connectivity index (χ1n) is 10.4. The second-order valence-electron chi connectivity index (χ2n) is 7.74. The summed E-state index contributed by atoms with van der Waals surface area (Å²) in [5.74, 6) is 2.25. The van der Waals surface area contributed by atoms with Gasteiger partial charge in [0.25, 0.3) is 0 Å². The van der Waals surface area contributed by atoms with E-state index in [1.165, 1.54) is 18.4 Å². The summed E-state index contributed by atoms with van der Waals surface area (Å²) < 4.78 is 16.1. The van der Waals surface area contributed by atoms with Crippen LogP contribution in [0.5, 0.6) is 17.2 Å². The normalized spacial score (nSPS) is 14.3. The maximum absolute atomic E-state index is 12.7. The van der Waals surface area contributed by atoms with E-state index in [9.17, 15) is 4.79 Å². The molecule has 6 nitrogen and oxygen atoms in total.